The second-order valence-corrected chi connectivity index (χ2v) is 12.3. The summed E-state index contributed by atoms with van der Waals surface area (Å²) < 4.78 is 29.2. The van der Waals surface area contributed by atoms with Crippen molar-refractivity contribution in [3.63, 3.8) is 0 Å². The Morgan fingerprint density at radius 1 is 1.07 bits per heavy atom. The number of hydrogen-bond donors (Lipinski definition) is 2. The predicted molar refractivity (Wildman–Crippen MR) is 144 cm³/mol. The fourth-order valence-corrected chi connectivity index (χ4v) is 7.28. The highest BCUT2D eigenvalue weighted by Crippen LogP contribution is 2.45. The molecule has 2 aliphatic rings. The molecule has 6 heterocycles. The molecule has 40 heavy (non-hydrogen) atoms. The second kappa shape index (κ2) is 8.98. The van der Waals surface area contributed by atoms with Crippen LogP contribution in [0.25, 0.3) is 22.5 Å². The minimum absolute atomic E-state index is 0.00552. The number of benzene rings is 1. The van der Waals surface area contributed by atoms with Crippen molar-refractivity contribution in [1.29, 1.82) is 0 Å². The van der Waals surface area contributed by atoms with E-state index >= 15 is 0 Å². The molecule has 1 amide bonds. The molecule has 14 heteroatoms. The highest BCUT2D eigenvalue weighted by Gasteiger charge is 2.46. The predicted octanol–water partition coefficient (Wildman–Crippen LogP) is 2.24. The smallest absolute Gasteiger partial charge is 0.292 e. The van der Waals surface area contributed by atoms with Crippen LogP contribution in [-0.2, 0) is 9.84 Å². The van der Waals surface area contributed by atoms with Crippen molar-refractivity contribution in [3.05, 3.63) is 66.8 Å². The number of amides is 1. The van der Waals surface area contributed by atoms with E-state index in [4.69, 9.17) is 10.7 Å². The van der Waals surface area contributed by atoms with Gasteiger partial charge in [-0.05, 0) is 37.8 Å². The summed E-state index contributed by atoms with van der Waals surface area (Å²) in [6, 6.07) is 9.58. The number of aromatic amines is 1. The van der Waals surface area contributed by atoms with Crippen LogP contribution in [0, 0.1) is 0 Å². The number of carbonyl (C=O) groups is 1. The highest BCUT2D eigenvalue weighted by molar-refractivity contribution is 7.91. The maximum absolute atomic E-state index is 13.1. The second-order valence-electron chi connectivity index (χ2n) is 10.4. The molecule has 204 valence electrons. The van der Waals surface area contributed by atoms with E-state index in [9.17, 15) is 13.2 Å². The number of carbonyl (C=O) groups excluding carboxylic acids is 1. The summed E-state index contributed by atoms with van der Waals surface area (Å²) in [6.45, 7) is 0. The number of nitrogen functional groups attached to an aromatic ring is 1. The Hall–Kier alpha value is -4.59. The zero-order valence-electron chi connectivity index (χ0n) is 21.5. The van der Waals surface area contributed by atoms with Gasteiger partial charge in [0.1, 0.15) is 17.0 Å². The zero-order valence-corrected chi connectivity index (χ0v) is 22.4. The summed E-state index contributed by atoms with van der Waals surface area (Å²) in [7, 11) is -3.74. The lowest BCUT2D eigenvalue weighted by Gasteiger charge is -2.38. The normalized spacial score (nSPS) is 20.8. The lowest BCUT2D eigenvalue weighted by Crippen LogP contribution is -2.46. The summed E-state index contributed by atoms with van der Waals surface area (Å²) >= 11 is 0. The molecular formula is C26H26N10O3S. The van der Waals surface area contributed by atoms with Crippen LogP contribution in [0.3, 0.4) is 0 Å². The van der Waals surface area contributed by atoms with E-state index < -0.39 is 9.84 Å². The third-order valence-corrected chi connectivity index (χ3v) is 9.08. The first kappa shape index (κ1) is 24.5. The molecule has 0 spiro atoms. The Morgan fingerprint density at radius 2 is 1.82 bits per heavy atom. The average molecular weight is 559 g/mol. The standard InChI is InChI=1S/C26H26N10O3S/c1-40(38,39)22-21(15-9-18-7-8-19(10-15)35(18)26(37)24-28-14-29-33-24)32-25-20(12-31-36(25)23(22)27)16-11-30-34(13-16)17-5-3-2-4-6-17/h2-6,11-15,18-19H,7-10,27H2,1H3,(H,28,29,33)/t15-,18+,19-. The van der Waals surface area contributed by atoms with Gasteiger partial charge in [0.15, 0.2) is 15.5 Å². The van der Waals surface area contributed by atoms with E-state index in [2.05, 4.69) is 25.4 Å². The molecular weight excluding hydrogens is 532 g/mol. The molecule has 2 aliphatic heterocycles. The number of nitrogens with two attached hydrogens (primary N) is 1. The number of fused-ring (bicyclic) bond motifs is 3. The Balaban J connectivity index is 1.30. The number of sulfone groups is 1. The SMILES string of the molecule is CS(=O)(=O)c1c([C@H]2C[C@H]3CC[C@@H](C2)N3C(=O)c2nnc[nH]2)nc2c(-c3cnn(-c4ccccc4)c3)cnn2c1N. The molecule has 13 nitrogen and oxygen atoms in total. The van der Waals surface area contributed by atoms with Gasteiger partial charge < -0.3 is 15.6 Å². The van der Waals surface area contributed by atoms with Crippen LogP contribution in [0.15, 0.2) is 60.1 Å². The van der Waals surface area contributed by atoms with Gasteiger partial charge >= 0.3 is 0 Å². The molecule has 2 bridgehead atoms. The molecule has 2 fully saturated rings. The van der Waals surface area contributed by atoms with Crippen LogP contribution < -0.4 is 5.73 Å². The van der Waals surface area contributed by atoms with Gasteiger partial charge in [0.05, 0.1) is 23.8 Å². The first-order chi connectivity index (χ1) is 19.3. The largest absolute Gasteiger partial charge is 0.382 e. The van der Waals surface area contributed by atoms with E-state index in [1.54, 1.807) is 17.1 Å². The van der Waals surface area contributed by atoms with Gasteiger partial charge in [-0.3, -0.25) is 4.79 Å². The van der Waals surface area contributed by atoms with Gasteiger partial charge in [-0.25, -0.2) is 18.1 Å². The first-order valence-electron chi connectivity index (χ1n) is 13.0. The van der Waals surface area contributed by atoms with Crippen molar-refractivity contribution in [2.45, 2.75) is 48.6 Å². The molecule has 3 atom stereocenters. The van der Waals surface area contributed by atoms with Crippen LogP contribution in [0.2, 0.25) is 0 Å². The molecule has 0 saturated carbocycles. The van der Waals surface area contributed by atoms with Gasteiger partial charge in [-0.2, -0.15) is 14.7 Å². The summed E-state index contributed by atoms with van der Waals surface area (Å²) in [4.78, 5) is 22.7. The van der Waals surface area contributed by atoms with Crippen molar-refractivity contribution in [3.8, 4) is 16.8 Å². The maximum Gasteiger partial charge on any atom is 0.292 e. The summed E-state index contributed by atoms with van der Waals surface area (Å²) in [5, 5.41) is 16.5. The number of anilines is 1. The summed E-state index contributed by atoms with van der Waals surface area (Å²) in [6.07, 6.45) is 10.5. The first-order valence-corrected chi connectivity index (χ1v) is 14.8. The van der Waals surface area contributed by atoms with E-state index in [1.165, 1.54) is 10.8 Å². The Kier molecular flexibility index (Phi) is 5.49. The lowest BCUT2D eigenvalue weighted by molar-refractivity contribution is 0.0556. The Morgan fingerprint density at radius 3 is 2.50 bits per heavy atom. The van der Waals surface area contributed by atoms with Crippen molar-refractivity contribution < 1.29 is 13.2 Å². The number of H-pyrrole nitrogens is 1. The number of piperidine rings is 1. The van der Waals surface area contributed by atoms with Gasteiger partial charge in [0.25, 0.3) is 5.91 Å². The van der Waals surface area contributed by atoms with Crippen molar-refractivity contribution in [1.82, 2.24) is 44.5 Å². The number of aromatic nitrogens is 8. The van der Waals surface area contributed by atoms with Crippen LogP contribution in [-0.4, -0.2) is 77.1 Å². The van der Waals surface area contributed by atoms with Crippen molar-refractivity contribution in [2.75, 3.05) is 12.0 Å². The van der Waals surface area contributed by atoms with E-state index in [-0.39, 0.29) is 40.4 Å². The fourth-order valence-electron chi connectivity index (χ4n) is 6.23. The van der Waals surface area contributed by atoms with Crippen LogP contribution in [0.5, 0.6) is 0 Å². The Labute approximate surface area is 229 Å². The molecule has 4 aromatic heterocycles. The van der Waals surface area contributed by atoms with Crippen LogP contribution in [0.4, 0.5) is 5.82 Å². The molecule has 2 saturated heterocycles. The maximum atomic E-state index is 13.1. The van der Waals surface area contributed by atoms with Gasteiger partial charge in [-0.15, -0.1) is 10.2 Å². The minimum Gasteiger partial charge on any atom is -0.382 e. The van der Waals surface area contributed by atoms with Crippen LogP contribution >= 0.6 is 0 Å². The summed E-state index contributed by atoms with van der Waals surface area (Å²) in [5.74, 6) is -0.168. The number of nitrogens with zero attached hydrogens (tertiary/aromatic N) is 8. The fraction of sp³-hybridized carbons (Fsp3) is 0.308. The average Bonchev–Trinajstić information content (AvgIpc) is 3.74. The molecule has 0 aliphatic carbocycles. The quantitative estimate of drug-likeness (QED) is 0.328. The number of nitrogens with one attached hydrogen (secondary N) is 1. The van der Waals surface area contributed by atoms with Crippen molar-refractivity contribution >= 4 is 27.2 Å². The third-order valence-electron chi connectivity index (χ3n) is 7.92. The topological polar surface area (TPSA) is 170 Å². The minimum atomic E-state index is -3.74. The van der Waals surface area contributed by atoms with E-state index in [1.807, 2.05) is 41.4 Å². The van der Waals surface area contributed by atoms with Crippen LogP contribution in [0.1, 0.15) is 47.9 Å². The number of para-hydroxylation sites is 1. The molecule has 7 rings (SSSR count). The Bertz CT molecular complexity index is 1830. The third kappa shape index (κ3) is 3.86. The van der Waals surface area contributed by atoms with Gasteiger partial charge in [-0.1, -0.05) is 18.2 Å². The lowest BCUT2D eigenvalue weighted by atomic mass is 9.87. The molecule has 0 radical (unpaired) electrons. The summed E-state index contributed by atoms with van der Waals surface area (Å²) in [5.41, 5.74) is 9.75. The van der Waals surface area contributed by atoms with Gasteiger partial charge in [0, 0.05) is 41.6 Å². The van der Waals surface area contributed by atoms with E-state index in [0.717, 1.165) is 30.3 Å². The van der Waals surface area contributed by atoms with E-state index in [0.29, 0.717) is 29.7 Å². The molecule has 1 aromatic carbocycles. The monoisotopic (exact) mass is 558 g/mol. The zero-order chi connectivity index (χ0) is 27.6. The number of hydrogen-bond acceptors (Lipinski definition) is 9. The number of rotatable bonds is 5. The molecule has 5 aromatic rings. The van der Waals surface area contributed by atoms with Gasteiger partial charge in [0.2, 0.25) is 5.82 Å². The highest BCUT2D eigenvalue weighted by atomic mass is 32.2. The van der Waals surface area contributed by atoms with Crippen molar-refractivity contribution in [2.24, 2.45) is 0 Å². The molecule has 3 N–H and O–H groups in total. The molecule has 0 unspecified atom stereocenters.